The van der Waals surface area contributed by atoms with Crippen molar-refractivity contribution >= 4 is 17.4 Å². The van der Waals surface area contributed by atoms with Gasteiger partial charge in [0.25, 0.3) is 5.69 Å². The van der Waals surface area contributed by atoms with Crippen LogP contribution in [0.5, 0.6) is 5.75 Å². The predicted octanol–water partition coefficient (Wildman–Crippen LogP) is 1.98. The zero-order valence-electron chi connectivity index (χ0n) is 9.19. The van der Waals surface area contributed by atoms with Gasteiger partial charge in [-0.1, -0.05) is 0 Å². The number of carbonyl (C=O) groups is 1. The molecule has 0 heterocycles. The lowest BCUT2D eigenvalue weighted by Crippen LogP contribution is -2.36. The van der Waals surface area contributed by atoms with Gasteiger partial charge in [0.05, 0.1) is 16.7 Å². The molecule has 0 fully saturated rings. The lowest BCUT2D eigenvalue weighted by molar-refractivity contribution is -0.384. The first-order chi connectivity index (χ1) is 8.69. The van der Waals surface area contributed by atoms with E-state index in [0.29, 0.717) is 0 Å². The molecule has 0 saturated carbocycles. The number of halogens is 3. The number of nitrogens with one attached hydrogen (secondary N) is 2. The Morgan fingerprint density at radius 3 is 2.53 bits per heavy atom. The van der Waals surface area contributed by atoms with Crippen molar-refractivity contribution in [1.82, 2.24) is 5.32 Å². The van der Waals surface area contributed by atoms with Gasteiger partial charge in [-0.25, -0.2) is 4.79 Å². The minimum absolute atomic E-state index is 0.245. The number of aromatic hydroxyl groups is 1. The van der Waals surface area contributed by atoms with Crippen LogP contribution in [0.15, 0.2) is 18.2 Å². The molecule has 2 amide bonds. The van der Waals surface area contributed by atoms with Gasteiger partial charge in [0.15, 0.2) is 0 Å². The summed E-state index contributed by atoms with van der Waals surface area (Å²) in [5.41, 5.74) is -0.663. The Kier molecular flexibility index (Phi) is 4.14. The number of phenols is 1. The number of urea groups is 1. The average molecular weight is 279 g/mol. The normalized spacial score (nSPS) is 10.9. The van der Waals surface area contributed by atoms with Gasteiger partial charge < -0.3 is 15.7 Å². The summed E-state index contributed by atoms with van der Waals surface area (Å²) < 4.78 is 35.4. The van der Waals surface area contributed by atoms with Crippen molar-refractivity contribution in [2.45, 2.75) is 6.18 Å². The number of benzene rings is 1. The van der Waals surface area contributed by atoms with Crippen molar-refractivity contribution in [3.8, 4) is 5.75 Å². The van der Waals surface area contributed by atoms with E-state index >= 15 is 0 Å². The van der Waals surface area contributed by atoms with E-state index in [-0.39, 0.29) is 5.69 Å². The molecule has 0 bridgehead atoms. The molecule has 1 rings (SSSR count). The minimum Gasteiger partial charge on any atom is -0.506 e. The number of hydrogen-bond donors (Lipinski definition) is 3. The van der Waals surface area contributed by atoms with Gasteiger partial charge in [-0.3, -0.25) is 10.1 Å². The first-order valence-electron chi connectivity index (χ1n) is 4.78. The molecule has 0 saturated heterocycles. The standard InChI is InChI=1S/C9H8F3N3O4/c10-9(11,12)4-13-8(17)14-6-2-1-5(15(18)19)3-7(6)16/h1-3,16H,4H2,(H2,13,14,17). The summed E-state index contributed by atoms with van der Waals surface area (Å²) in [6.07, 6.45) is -4.56. The Hall–Kier alpha value is -2.52. The van der Waals surface area contributed by atoms with Crippen LogP contribution in [-0.4, -0.2) is 28.8 Å². The molecule has 104 valence electrons. The van der Waals surface area contributed by atoms with Gasteiger partial charge in [-0.15, -0.1) is 0 Å². The van der Waals surface area contributed by atoms with E-state index in [1.54, 1.807) is 0 Å². The highest BCUT2D eigenvalue weighted by molar-refractivity contribution is 5.91. The van der Waals surface area contributed by atoms with Crippen molar-refractivity contribution in [3.05, 3.63) is 28.3 Å². The van der Waals surface area contributed by atoms with Gasteiger partial charge >= 0.3 is 12.2 Å². The highest BCUT2D eigenvalue weighted by Gasteiger charge is 2.27. The van der Waals surface area contributed by atoms with E-state index in [1.165, 1.54) is 5.32 Å². The van der Waals surface area contributed by atoms with Gasteiger partial charge in [0.2, 0.25) is 0 Å². The van der Waals surface area contributed by atoms with Crippen LogP contribution in [0, 0.1) is 10.1 Å². The molecule has 7 nitrogen and oxygen atoms in total. The Morgan fingerprint density at radius 1 is 1.42 bits per heavy atom. The van der Waals surface area contributed by atoms with Crippen molar-refractivity contribution < 1.29 is 28.0 Å². The number of non-ortho nitro benzene ring substituents is 1. The van der Waals surface area contributed by atoms with Crippen LogP contribution < -0.4 is 10.6 Å². The number of amides is 2. The van der Waals surface area contributed by atoms with E-state index in [2.05, 4.69) is 0 Å². The second-order valence-corrected chi connectivity index (χ2v) is 3.38. The maximum atomic E-state index is 11.8. The molecule has 10 heteroatoms. The minimum atomic E-state index is -4.56. The van der Waals surface area contributed by atoms with E-state index in [1.807, 2.05) is 5.32 Å². The molecule has 0 aliphatic rings. The van der Waals surface area contributed by atoms with Crippen LogP contribution in [0.3, 0.4) is 0 Å². The molecular formula is C9H8F3N3O4. The molecule has 0 radical (unpaired) electrons. The summed E-state index contributed by atoms with van der Waals surface area (Å²) >= 11 is 0. The van der Waals surface area contributed by atoms with Gasteiger partial charge in [0, 0.05) is 6.07 Å². The van der Waals surface area contributed by atoms with Crippen LogP contribution in [-0.2, 0) is 0 Å². The molecule has 19 heavy (non-hydrogen) atoms. The number of rotatable bonds is 3. The topological polar surface area (TPSA) is 104 Å². The fourth-order valence-electron chi connectivity index (χ4n) is 1.09. The smallest absolute Gasteiger partial charge is 0.405 e. The van der Waals surface area contributed by atoms with Gasteiger partial charge in [-0.2, -0.15) is 13.2 Å². The van der Waals surface area contributed by atoms with Crippen LogP contribution in [0.2, 0.25) is 0 Å². The number of nitrogens with zero attached hydrogens (tertiary/aromatic N) is 1. The number of carbonyl (C=O) groups excluding carboxylic acids is 1. The molecular weight excluding hydrogens is 271 g/mol. The predicted molar refractivity (Wildman–Crippen MR) is 57.8 cm³/mol. The van der Waals surface area contributed by atoms with E-state index in [9.17, 15) is 33.2 Å². The molecule has 0 unspecified atom stereocenters. The van der Waals surface area contributed by atoms with E-state index in [4.69, 9.17) is 0 Å². The fraction of sp³-hybridized carbons (Fsp3) is 0.222. The Labute approximate surface area is 104 Å². The molecule has 0 aliphatic carbocycles. The number of anilines is 1. The summed E-state index contributed by atoms with van der Waals surface area (Å²) in [5.74, 6) is -0.628. The largest absolute Gasteiger partial charge is 0.506 e. The van der Waals surface area contributed by atoms with Crippen LogP contribution in [0.4, 0.5) is 29.3 Å². The SMILES string of the molecule is O=C(NCC(F)(F)F)Nc1ccc([N+](=O)[O-])cc1O. The van der Waals surface area contributed by atoms with Crippen LogP contribution in [0.1, 0.15) is 0 Å². The molecule has 0 atom stereocenters. The maximum absolute atomic E-state index is 11.8. The summed E-state index contributed by atoms with van der Waals surface area (Å²) in [5, 5.41) is 23.2. The molecule has 1 aromatic rings. The quantitative estimate of drug-likeness (QED) is 0.447. The lowest BCUT2D eigenvalue weighted by Gasteiger charge is -2.10. The molecule has 3 N–H and O–H groups in total. The summed E-state index contributed by atoms with van der Waals surface area (Å²) in [6, 6.07) is 1.56. The number of phenolic OH excluding ortho intramolecular Hbond substituents is 1. The van der Waals surface area contributed by atoms with Crippen LogP contribution >= 0.6 is 0 Å². The van der Waals surface area contributed by atoms with E-state index in [0.717, 1.165) is 18.2 Å². The fourth-order valence-corrected chi connectivity index (χ4v) is 1.09. The third kappa shape index (κ3) is 4.69. The second kappa shape index (κ2) is 5.42. The second-order valence-electron chi connectivity index (χ2n) is 3.38. The summed E-state index contributed by atoms with van der Waals surface area (Å²) in [7, 11) is 0. The van der Waals surface area contributed by atoms with Crippen molar-refractivity contribution in [2.75, 3.05) is 11.9 Å². The van der Waals surface area contributed by atoms with Gasteiger partial charge in [0.1, 0.15) is 12.3 Å². The Morgan fingerprint density at radius 2 is 2.05 bits per heavy atom. The van der Waals surface area contributed by atoms with Crippen LogP contribution in [0.25, 0.3) is 0 Å². The zero-order chi connectivity index (χ0) is 14.6. The first kappa shape index (κ1) is 14.5. The number of nitro benzene ring substituents is 1. The summed E-state index contributed by atoms with van der Waals surface area (Å²) in [6.45, 7) is -1.54. The zero-order valence-corrected chi connectivity index (χ0v) is 9.19. The average Bonchev–Trinajstić information content (AvgIpc) is 2.28. The van der Waals surface area contributed by atoms with Gasteiger partial charge in [-0.05, 0) is 6.07 Å². The highest BCUT2D eigenvalue weighted by Crippen LogP contribution is 2.27. The van der Waals surface area contributed by atoms with Crippen molar-refractivity contribution in [2.24, 2.45) is 0 Å². The Bertz CT molecular complexity index is 504. The lowest BCUT2D eigenvalue weighted by atomic mass is 10.2. The highest BCUT2D eigenvalue weighted by atomic mass is 19.4. The third-order valence-electron chi connectivity index (χ3n) is 1.89. The van der Waals surface area contributed by atoms with Crippen molar-refractivity contribution in [3.63, 3.8) is 0 Å². The monoisotopic (exact) mass is 279 g/mol. The molecule has 0 aromatic heterocycles. The molecule has 1 aromatic carbocycles. The van der Waals surface area contributed by atoms with Crippen molar-refractivity contribution in [1.29, 1.82) is 0 Å². The number of alkyl halides is 3. The summed E-state index contributed by atoms with van der Waals surface area (Å²) in [4.78, 5) is 20.7. The first-order valence-corrected chi connectivity index (χ1v) is 4.78. The molecule has 0 aliphatic heterocycles. The Balaban J connectivity index is 2.67. The maximum Gasteiger partial charge on any atom is 0.405 e. The number of nitro groups is 1. The van der Waals surface area contributed by atoms with E-state index < -0.39 is 35.1 Å². The third-order valence-corrected chi connectivity index (χ3v) is 1.89. The molecule has 0 spiro atoms. The number of hydrogen-bond acceptors (Lipinski definition) is 4.